The highest BCUT2D eigenvalue weighted by atomic mass is 16.8. The van der Waals surface area contributed by atoms with E-state index in [-0.39, 0.29) is 6.61 Å². The van der Waals surface area contributed by atoms with Gasteiger partial charge in [0.1, 0.15) is 31.0 Å². The third kappa shape index (κ3) is 7.84. The summed E-state index contributed by atoms with van der Waals surface area (Å²) in [6.07, 6.45) is -10.1. The van der Waals surface area contributed by atoms with Crippen molar-refractivity contribution < 1.29 is 66.5 Å². The first kappa shape index (κ1) is 31.1. The molecule has 15 nitrogen and oxygen atoms in total. The summed E-state index contributed by atoms with van der Waals surface area (Å²) in [7, 11) is 1.41. The molecule has 0 unspecified atom stereocenters. The van der Waals surface area contributed by atoms with Gasteiger partial charge in [-0.05, 0) is 13.8 Å². The Balaban J connectivity index is 2.01. The van der Waals surface area contributed by atoms with Crippen LogP contribution in [-0.2, 0) is 66.5 Å². The number of hydrogen-bond donors (Lipinski definition) is 1. The quantitative estimate of drug-likeness (QED) is 0.288. The third-order valence-corrected chi connectivity index (χ3v) is 6.18. The topological polar surface area (TPSA) is 187 Å². The van der Waals surface area contributed by atoms with Crippen molar-refractivity contribution in [1.82, 2.24) is 0 Å². The van der Waals surface area contributed by atoms with E-state index in [0.717, 1.165) is 20.8 Å². The molecule has 0 aliphatic carbocycles. The van der Waals surface area contributed by atoms with Crippen LogP contribution >= 0.6 is 0 Å². The van der Waals surface area contributed by atoms with Gasteiger partial charge in [-0.1, -0.05) is 0 Å². The minimum absolute atomic E-state index is 0.142. The van der Waals surface area contributed by atoms with Crippen molar-refractivity contribution in [2.45, 2.75) is 109 Å². The molecule has 0 aromatic heterocycles. The zero-order valence-electron chi connectivity index (χ0n) is 23.0. The van der Waals surface area contributed by atoms with Crippen molar-refractivity contribution >= 4 is 23.9 Å². The van der Waals surface area contributed by atoms with E-state index in [9.17, 15) is 19.2 Å². The summed E-state index contributed by atoms with van der Waals surface area (Å²) in [5, 5.41) is 0. The zero-order chi connectivity index (χ0) is 29.1. The van der Waals surface area contributed by atoms with Crippen molar-refractivity contribution in [2.24, 2.45) is 5.73 Å². The summed E-state index contributed by atoms with van der Waals surface area (Å²) < 4.78 is 56.9. The SMILES string of the molecule is CO[C@@H]1O[C@@H]2COC(C)(C)O[C@H]2[C@H](O[C@@H]2O[C@H](COC(C)=O)[C@@H](OC(C)=O)[C@H](OC(C)=O)[C@H]2OC(C)=O)[C@H]1N. The lowest BCUT2D eigenvalue weighted by Crippen LogP contribution is -2.70. The van der Waals surface area contributed by atoms with E-state index < -0.39 is 97.6 Å². The Bertz CT molecular complexity index is 911. The molecule has 2 N–H and O–H groups in total. The number of rotatable bonds is 8. The van der Waals surface area contributed by atoms with Crippen LogP contribution in [0.4, 0.5) is 0 Å². The van der Waals surface area contributed by atoms with Crippen LogP contribution in [0.15, 0.2) is 0 Å². The molecule has 0 amide bonds. The van der Waals surface area contributed by atoms with Crippen LogP contribution in [0, 0.1) is 0 Å². The first-order valence-corrected chi connectivity index (χ1v) is 12.4. The van der Waals surface area contributed by atoms with Gasteiger partial charge in [-0.15, -0.1) is 0 Å². The molecule has 222 valence electrons. The standard InChI is InChI=1S/C24H37NO14/c1-10(26)31-8-14-17(33-11(2)27)20(34-12(3)28)21(35-13(4)29)23(37-14)38-19-16(25)22(30-7)36-15-9-32-24(5,6)39-18(15)19/h14-23H,8-9,25H2,1-7H3/t14-,15-,16-,17-,18-,19-,20+,21-,22-,23+/m1/s1. The number of esters is 4. The van der Waals surface area contributed by atoms with Gasteiger partial charge >= 0.3 is 23.9 Å². The average Bonchev–Trinajstić information content (AvgIpc) is 2.81. The molecule has 0 bridgehead atoms. The molecule has 0 saturated carbocycles. The smallest absolute Gasteiger partial charge is 0.303 e. The van der Waals surface area contributed by atoms with Gasteiger partial charge in [0.2, 0.25) is 0 Å². The third-order valence-electron chi connectivity index (χ3n) is 6.18. The first-order valence-electron chi connectivity index (χ1n) is 12.4. The maximum Gasteiger partial charge on any atom is 0.303 e. The molecule has 3 rings (SSSR count). The van der Waals surface area contributed by atoms with Gasteiger partial charge in [0.05, 0.1) is 12.6 Å². The predicted octanol–water partition coefficient (Wildman–Crippen LogP) is -0.695. The number of carbonyl (C=O) groups excluding carboxylic acids is 4. The van der Waals surface area contributed by atoms with Crippen molar-refractivity contribution in [1.29, 1.82) is 0 Å². The van der Waals surface area contributed by atoms with Crippen LogP contribution in [0.5, 0.6) is 0 Å². The van der Waals surface area contributed by atoms with Crippen LogP contribution in [0.3, 0.4) is 0 Å². The Morgan fingerprint density at radius 2 is 1.41 bits per heavy atom. The maximum absolute atomic E-state index is 12.1. The second-order valence-electron chi connectivity index (χ2n) is 9.82. The van der Waals surface area contributed by atoms with Gasteiger partial charge in [-0.2, -0.15) is 0 Å². The van der Waals surface area contributed by atoms with Crippen LogP contribution in [-0.4, -0.2) is 111 Å². The fraction of sp³-hybridized carbons (Fsp3) is 0.833. The van der Waals surface area contributed by atoms with Crippen LogP contribution < -0.4 is 5.73 Å². The van der Waals surface area contributed by atoms with Gasteiger partial charge in [-0.3, -0.25) is 19.2 Å². The highest BCUT2D eigenvalue weighted by Gasteiger charge is 2.57. The van der Waals surface area contributed by atoms with Crippen molar-refractivity contribution in [3.63, 3.8) is 0 Å². The molecule has 39 heavy (non-hydrogen) atoms. The normalized spacial score (nSPS) is 37.6. The summed E-state index contributed by atoms with van der Waals surface area (Å²) >= 11 is 0. The van der Waals surface area contributed by atoms with Crippen LogP contribution in [0.25, 0.3) is 0 Å². The lowest BCUT2D eigenvalue weighted by atomic mass is 9.94. The molecule has 15 heteroatoms. The van der Waals surface area contributed by atoms with Crippen molar-refractivity contribution in [3.8, 4) is 0 Å². The van der Waals surface area contributed by atoms with E-state index in [4.69, 9.17) is 53.1 Å². The Hall–Kier alpha value is -2.40. The fourth-order valence-electron chi connectivity index (χ4n) is 4.68. The first-order chi connectivity index (χ1) is 18.2. The minimum atomic E-state index is -1.45. The summed E-state index contributed by atoms with van der Waals surface area (Å²) in [6.45, 7) is 7.74. The van der Waals surface area contributed by atoms with Gasteiger partial charge in [0.15, 0.2) is 36.7 Å². The molecule has 3 saturated heterocycles. The minimum Gasteiger partial charge on any atom is -0.463 e. The highest BCUT2D eigenvalue weighted by Crippen LogP contribution is 2.37. The Morgan fingerprint density at radius 3 is 1.97 bits per heavy atom. The van der Waals surface area contributed by atoms with Crippen molar-refractivity contribution in [2.75, 3.05) is 20.3 Å². The molecule has 3 aliphatic rings. The maximum atomic E-state index is 12.1. The molecular weight excluding hydrogens is 526 g/mol. The summed E-state index contributed by atoms with van der Waals surface area (Å²) in [6, 6.07) is -0.919. The van der Waals surface area contributed by atoms with E-state index in [2.05, 4.69) is 0 Å². The predicted molar refractivity (Wildman–Crippen MR) is 125 cm³/mol. The largest absolute Gasteiger partial charge is 0.463 e. The van der Waals surface area contributed by atoms with Crippen LogP contribution in [0.2, 0.25) is 0 Å². The molecule has 0 spiro atoms. The van der Waals surface area contributed by atoms with E-state index in [1.807, 2.05) is 0 Å². The summed E-state index contributed by atoms with van der Waals surface area (Å²) in [4.78, 5) is 47.7. The van der Waals surface area contributed by atoms with E-state index in [1.54, 1.807) is 13.8 Å². The van der Waals surface area contributed by atoms with Crippen molar-refractivity contribution in [3.05, 3.63) is 0 Å². The fourth-order valence-corrected chi connectivity index (χ4v) is 4.68. The molecule has 3 heterocycles. The second kappa shape index (κ2) is 12.8. The monoisotopic (exact) mass is 563 g/mol. The average molecular weight is 564 g/mol. The molecule has 10 atom stereocenters. The Labute approximate surface area is 225 Å². The highest BCUT2D eigenvalue weighted by molar-refractivity contribution is 5.68. The molecule has 0 radical (unpaired) electrons. The van der Waals surface area contributed by atoms with Gasteiger partial charge in [0, 0.05) is 34.8 Å². The van der Waals surface area contributed by atoms with Gasteiger partial charge in [0.25, 0.3) is 0 Å². The molecule has 3 aliphatic heterocycles. The van der Waals surface area contributed by atoms with Gasteiger partial charge < -0.3 is 53.1 Å². The Kier molecular flexibility index (Phi) is 10.3. The zero-order valence-corrected chi connectivity index (χ0v) is 23.0. The number of hydrogen-bond acceptors (Lipinski definition) is 15. The number of fused-ring (bicyclic) bond motifs is 1. The molecule has 3 fully saturated rings. The number of carbonyl (C=O) groups is 4. The lowest BCUT2D eigenvalue weighted by Gasteiger charge is -2.52. The number of methoxy groups -OCH3 is 1. The molecule has 0 aromatic rings. The lowest BCUT2D eigenvalue weighted by molar-refractivity contribution is -0.390. The molecular formula is C24H37NO14. The molecule has 0 aromatic carbocycles. The Morgan fingerprint density at radius 1 is 0.821 bits per heavy atom. The van der Waals surface area contributed by atoms with E-state index in [1.165, 1.54) is 14.0 Å². The van der Waals surface area contributed by atoms with E-state index >= 15 is 0 Å². The summed E-state index contributed by atoms with van der Waals surface area (Å²) in [5.41, 5.74) is 6.45. The van der Waals surface area contributed by atoms with Gasteiger partial charge in [-0.25, -0.2) is 0 Å². The van der Waals surface area contributed by atoms with E-state index in [0.29, 0.717) is 0 Å². The number of ether oxygens (including phenoxy) is 10. The second-order valence-corrected chi connectivity index (χ2v) is 9.82. The number of nitrogens with two attached hydrogens (primary N) is 1. The summed E-state index contributed by atoms with van der Waals surface area (Å²) in [5.74, 6) is -3.92. The van der Waals surface area contributed by atoms with Crippen LogP contribution in [0.1, 0.15) is 41.5 Å².